The zero-order chi connectivity index (χ0) is 15.4. The minimum atomic E-state index is -1.01. The summed E-state index contributed by atoms with van der Waals surface area (Å²) in [7, 11) is 0. The van der Waals surface area contributed by atoms with E-state index < -0.39 is 5.97 Å². The molecular weight excluding hydrogens is 292 g/mol. The van der Waals surface area contributed by atoms with Crippen LogP contribution in [0.4, 0.5) is 5.13 Å². The van der Waals surface area contributed by atoms with Gasteiger partial charge in [-0.2, -0.15) is 0 Å². The smallest absolute Gasteiger partial charge is 0.341 e. The molecule has 0 atom stereocenters. The molecule has 1 heterocycles. The van der Waals surface area contributed by atoms with Crippen molar-refractivity contribution in [3.05, 3.63) is 34.3 Å². The number of aromatic nitrogens is 1. The van der Waals surface area contributed by atoms with Crippen molar-refractivity contribution in [2.75, 3.05) is 12.3 Å². The minimum Gasteiger partial charge on any atom is -0.488 e. The summed E-state index contributed by atoms with van der Waals surface area (Å²) in [6.45, 7) is 3.76. The van der Waals surface area contributed by atoms with Gasteiger partial charge in [0.25, 0.3) is 0 Å². The molecule has 2 rings (SSSR count). The molecule has 0 unspecified atom stereocenters. The third-order valence-corrected chi connectivity index (χ3v) is 3.74. The van der Waals surface area contributed by atoms with Crippen molar-refractivity contribution in [3.8, 4) is 11.5 Å². The molecule has 0 radical (unpaired) electrons. The number of anilines is 1. The van der Waals surface area contributed by atoms with Crippen LogP contribution in [0.15, 0.2) is 18.2 Å². The van der Waals surface area contributed by atoms with Gasteiger partial charge in [0.05, 0.1) is 10.6 Å². The average molecular weight is 308 g/mol. The number of carboxylic acids is 1. The van der Waals surface area contributed by atoms with Crippen LogP contribution in [0.1, 0.15) is 16.1 Å². The molecule has 7 heteroatoms. The second kappa shape index (κ2) is 6.45. The minimum absolute atomic E-state index is 0.361. The summed E-state index contributed by atoms with van der Waals surface area (Å²) in [4.78, 5) is 15.6. The van der Waals surface area contributed by atoms with E-state index in [-0.39, 0.29) is 6.61 Å². The van der Waals surface area contributed by atoms with Gasteiger partial charge in [-0.1, -0.05) is 11.3 Å². The zero-order valence-corrected chi connectivity index (χ0v) is 12.6. The Morgan fingerprint density at radius 3 is 2.71 bits per heavy atom. The van der Waals surface area contributed by atoms with E-state index in [1.165, 1.54) is 11.3 Å². The molecule has 0 saturated heterocycles. The van der Waals surface area contributed by atoms with Crippen LogP contribution in [0.5, 0.6) is 11.5 Å². The Morgan fingerprint density at radius 2 is 2.14 bits per heavy atom. The molecule has 0 fully saturated rings. The van der Waals surface area contributed by atoms with E-state index in [1.807, 2.05) is 13.8 Å². The molecule has 0 aliphatic rings. The number of carboxylic acid groups (broad SMARTS) is 1. The van der Waals surface area contributed by atoms with Crippen LogP contribution in [0.3, 0.4) is 0 Å². The van der Waals surface area contributed by atoms with E-state index in [1.54, 1.807) is 18.2 Å². The van der Waals surface area contributed by atoms with Crippen LogP contribution in [-0.2, 0) is 11.4 Å². The van der Waals surface area contributed by atoms with Crippen LogP contribution in [-0.4, -0.2) is 22.7 Å². The Labute approximate surface area is 126 Å². The third-order valence-electron chi connectivity index (χ3n) is 2.78. The highest BCUT2D eigenvalue weighted by molar-refractivity contribution is 7.15. The van der Waals surface area contributed by atoms with Crippen molar-refractivity contribution in [3.63, 3.8) is 0 Å². The molecule has 2 aromatic rings. The van der Waals surface area contributed by atoms with Crippen molar-refractivity contribution >= 4 is 22.4 Å². The van der Waals surface area contributed by atoms with Crippen molar-refractivity contribution in [1.29, 1.82) is 0 Å². The monoisotopic (exact) mass is 308 g/mol. The van der Waals surface area contributed by atoms with E-state index in [4.69, 9.17) is 20.3 Å². The lowest BCUT2D eigenvalue weighted by atomic mass is 10.2. The molecule has 112 valence electrons. The largest absolute Gasteiger partial charge is 0.488 e. The first-order valence-corrected chi connectivity index (χ1v) is 7.07. The molecule has 21 heavy (non-hydrogen) atoms. The van der Waals surface area contributed by atoms with Gasteiger partial charge >= 0.3 is 5.97 Å². The SMILES string of the molecule is Cc1cc(OCc2sc(N)nc2C)ccc1OCC(=O)O. The lowest BCUT2D eigenvalue weighted by Gasteiger charge is -2.10. The molecule has 1 aromatic carbocycles. The van der Waals surface area contributed by atoms with Crippen molar-refractivity contribution in [2.24, 2.45) is 0 Å². The van der Waals surface area contributed by atoms with E-state index in [0.29, 0.717) is 23.2 Å². The van der Waals surface area contributed by atoms with Gasteiger partial charge in [0.15, 0.2) is 11.7 Å². The fourth-order valence-electron chi connectivity index (χ4n) is 1.75. The number of nitrogens with two attached hydrogens (primary N) is 1. The summed E-state index contributed by atoms with van der Waals surface area (Å²) >= 11 is 1.40. The van der Waals surface area contributed by atoms with E-state index in [0.717, 1.165) is 16.1 Å². The lowest BCUT2D eigenvalue weighted by Crippen LogP contribution is -2.10. The molecule has 0 saturated carbocycles. The molecule has 3 N–H and O–H groups in total. The topological polar surface area (TPSA) is 94.7 Å². The number of hydrogen-bond donors (Lipinski definition) is 2. The van der Waals surface area contributed by atoms with Gasteiger partial charge in [-0.15, -0.1) is 0 Å². The third kappa shape index (κ3) is 4.09. The standard InChI is InChI=1S/C14H16N2O4S/c1-8-5-10(3-4-11(8)20-7-13(17)18)19-6-12-9(2)16-14(15)21-12/h3-5H,6-7H2,1-2H3,(H2,15,16)(H,17,18). The number of rotatable bonds is 6. The molecule has 0 aliphatic carbocycles. The number of thiazole rings is 1. The molecule has 1 aromatic heterocycles. The second-order valence-corrected chi connectivity index (χ2v) is 5.57. The van der Waals surface area contributed by atoms with Crippen LogP contribution < -0.4 is 15.2 Å². The summed E-state index contributed by atoms with van der Waals surface area (Å²) in [5, 5.41) is 9.12. The maximum Gasteiger partial charge on any atom is 0.341 e. The highest BCUT2D eigenvalue weighted by atomic mass is 32.1. The quantitative estimate of drug-likeness (QED) is 0.851. The predicted octanol–water partition coefficient (Wildman–Crippen LogP) is 2.38. The Morgan fingerprint density at radius 1 is 1.38 bits per heavy atom. The Hall–Kier alpha value is -2.28. The van der Waals surface area contributed by atoms with Gasteiger partial charge in [0, 0.05) is 0 Å². The van der Waals surface area contributed by atoms with E-state index in [2.05, 4.69) is 4.98 Å². The normalized spacial score (nSPS) is 10.4. The van der Waals surface area contributed by atoms with Crippen molar-refractivity contribution in [1.82, 2.24) is 4.98 Å². The summed E-state index contributed by atoms with van der Waals surface area (Å²) in [5.41, 5.74) is 7.32. The van der Waals surface area contributed by atoms with Crippen LogP contribution in [0.25, 0.3) is 0 Å². The van der Waals surface area contributed by atoms with Gasteiger partial charge in [-0.3, -0.25) is 0 Å². The molecule has 0 spiro atoms. The van der Waals surface area contributed by atoms with Crippen molar-refractivity contribution in [2.45, 2.75) is 20.5 Å². The zero-order valence-electron chi connectivity index (χ0n) is 11.8. The molecule has 6 nitrogen and oxygen atoms in total. The van der Waals surface area contributed by atoms with E-state index in [9.17, 15) is 4.79 Å². The lowest BCUT2D eigenvalue weighted by molar-refractivity contribution is -0.139. The molecular formula is C14H16N2O4S. The molecule has 0 amide bonds. The van der Waals surface area contributed by atoms with Crippen LogP contribution >= 0.6 is 11.3 Å². The highest BCUT2D eigenvalue weighted by Gasteiger charge is 2.08. The van der Waals surface area contributed by atoms with Gasteiger partial charge in [-0.25, -0.2) is 9.78 Å². The molecule has 0 aliphatic heterocycles. The van der Waals surface area contributed by atoms with Crippen molar-refractivity contribution < 1.29 is 19.4 Å². The Balaban J connectivity index is 2.00. The first kappa shape index (κ1) is 15.1. The number of carbonyl (C=O) groups is 1. The number of nitrogen functional groups attached to an aromatic ring is 1. The second-order valence-electron chi connectivity index (χ2n) is 4.46. The number of aliphatic carboxylic acids is 1. The van der Waals surface area contributed by atoms with Crippen LogP contribution in [0, 0.1) is 13.8 Å². The Kier molecular flexibility index (Phi) is 4.64. The highest BCUT2D eigenvalue weighted by Crippen LogP contribution is 2.26. The van der Waals surface area contributed by atoms with Gasteiger partial charge in [-0.05, 0) is 37.6 Å². The first-order chi connectivity index (χ1) is 9.95. The van der Waals surface area contributed by atoms with Gasteiger partial charge in [0.1, 0.15) is 18.1 Å². The first-order valence-electron chi connectivity index (χ1n) is 6.25. The fourth-order valence-corrected chi connectivity index (χ4v) is 2.49. The predicted molar refractivity (Wildman–Crippen MR) is 79.9 cm³/mol. The molecule has 0 bridgehead atoms. The maximum absolute atomic E-state index is 10.5. The fraction of sp³-hybridized carbons (Fsp3) is 0.286. The summed E-state index contributed by atoms with van der Waals surface area (Å²) < 4.78 is 10.8. The Bertz CT molecular complexity index is 654. The number of ether oxygens (including phenoxy) is 2. The summed E-state index contributed by atoms with van der Waals surface area (Å²) in [6, 6.07) is 5.24. The number of nitrogens with zero attached hydrogens (tertiary/aromatic N) is 1. The average Bonchev–Trinajstić information content (AvgIpc) is 2.73. The summed E-state index contributed by atoms with van der Waals surface area (Å²) in [5.74, 6) is 0.206. The van der Waals surface area contributed by atoms with Gasteiger partial charge < -0.3 is 20.3 Å². The van der Waals surface area contributed by atoms with Gasteiger partial charge in [0.2, 0.25) is 0 Å². The van der Waals surface area contributed by atoms with Crippen LogP contribution in [0.2, 0.25) is 0 Å². The summed E-state index contributed by atoms with van der Waals surface area (Å²) in [6.07, 6.45) is 0. The number of aryl methyl sites for hydroxylation is 2. The maximum atomic E-state index is 10.5. The number of benzene rings is 1. The van der Waals surface area contributed by atoms with E-state index >= 15 is 0 Å². The number of hydrogen-bond acceptors (Lipinski definition) is 6.